The highest BCUT2D eigenvalue weighted by molar-refractivity contribution is 7.23. The maximum atomic E-state index is 12.6. The van der Waals surface area contributed by atoms with Crippen LogP contribution in [0.5, 0.6) is 0 Å². The van der Waals surface area contributed by atoms with Crippen molar-refractivity contribution in [3.63, 3.8) is 0 Å². The van der Waals surface area contributed by atoms with E-state index in [4.69, 9.17) is 9.72 Å². The van der Waals surface area contributed by atoms with Crippen LogP contribution in [-0.2, 0) is 4.74 Å². The highest BCUT2D eigenvalue weighted by Gasteiger charge is 2.30. The second-order valence-corrected chi connectivity index (χ2v) is 8.73. The summed E-state index contributed by atoms with van der Waals surface area (Å²) in [5.41, 5.74) is 4.07. The smallest absolute Gasteiger partial charge is 0.251 e. The number of hydrogen-bond acceptors (Lipinski definition) is 5. The number of thiazole rings is 1. The molecule has 0 spiro atoms. The number of carbonyl (C=O) groups excluding carboxylic acids is 2. The molecule has 7 nitrogen and oxygen atoms in total. The summed E-state index contributed by atoms with van der Waals surface area (Å²) in [6.07, 6.45) is 3.98. The molecule has 0 saturated heterocycles. The van der Waals surface area contributed by atoms with Gasteiger partial charge in [-0.05, 0) is 43.2 Å². The molecule has 8 heteroatoms. The normalized spacial score (nSPS) is 18.1. The first-order chi connectivity index (χ1) is 15.1. The zero-order chi connectivity index (χ0) is 21.5. The van der Waals surface area contributed by atoms with Gasteiger partial charge in [0.05, 0.1) is 22.0 Å². The molecular formula is C23H22N4O3S. The third-order valence-electron chi connectivity index (χ3n) is 5.79. The molecule has 0 bridgehead atoms. The Morgan fingerprint density at radius 3 is 2.55 bits per heavy atom. The highest BCUT2D eigenvalue weighted by Crippen LogP contribution is 2.30. The van der Waals surface area contributed by atoms with E-state index in [2.05, 4.69) is 10.6 Å². The van der Waals surface area contributed by atoms with E-state index >= 15 is 0 Å². The Morgan fingerprint density at radius 1 is 1.10 bits per heavy atom. The van der Waals surface area contributed by atoms with Crippen molar-refractivity contribution in [1.82, 2.24) is 20.0 Å². The second-order valence-electron chi connectivity index (χ2n) is 7.72. The van der Waals surface area contributed by atoms with Crippen molar-refractivity contribution in [2.24, 2.45) is 0 Å². The average Bonchev–Trinajstić information content (AvgIpc) is 3.32. The first kappa shape index (κ1) is 19.7. The molecule has 0 atom stereocenters. The largest absolute Gasteiger partial charge is 0.381 e. The minimum Gasteiger partial charge on any atom is -0.381 e. The standard InChI is InChI=1S/C23H22N4O3S/c1-24-21(28)14-5-3-13(4-6-14)18-12-27-19-8-7-15(9-20(19)31-23(27)26-18)22(29)25-16-10-17(11-16)30-2/h3-9,12,16-17H,10-11H2,1-2H3,(H,24,28)(H,25,29). The van der Waals surface area contributed by atoms with Gasteiger partial charge in [-0.15, -0.1) is 0 Å². The molecule has 1 aliphatic carbocycles. The van der Waals surface area contributed by atoms with Crippen molar-refractivity contribution in [3.05, 3.63) is 59.8 Å². The Kier molecular flexibility index (Phi) is 4.95. The van der Waals surface area contributed by atoms with E-state index < -0.39 is 0 Å². The zero-order valence-corrected chi connectivity index (χ0v) is 18.0. The van der Waals surface area contributed by atoms with Crippen LogP contribution in [0.15, 0.2) is 48.7 Å². The number of amides is 2. The van der Waals surface area contributed by atoms with Gasteiger partial charge in [0.25, 0.3) is 11.8 Å². The summed E-state index contributed by atoms with van der Waals surface area (Å²) in [5, 5.41) is 5.69. The van der Waals surface area contributed by atoms with Gasteiger partial charge >= 0.3 is 0 Å². The van der Waals surface area contributed by atoms with Crippen LogP contribution in [0.2, 0.25) is 0 Å². The molecule has 0 unspecified atom stereocenters. The van der Waals surface area contributed by atoms with Crippen molar-refractivity contribution in [3.8, 4) is 11.3 Å². The van der Waals surface area contributed by atoms with Gasteiger partial charge in [0.15, 0.2) is 4.96 Å². The number of aromatic nitrogens is 2. The van der Waals surface area contributed by atoms with Gasteiger partial charge in [-0.2, -0.15) is 0 Å². The van der Waals surface area contributed by atoms with Gasteiger partial charge < -0.3 is 15.4 Å². The number of fused-ring (bicyclic) bond motifs is 3. The Bertz CT molecular complexity index is 1290. The summed E-state index contributed by atoms with van der Waals surface area (Å²) in [6, 6.07) is 13.3. The highest BCUT2D eigenvalue weighted by atomic mass is 32.1. The van der Waals surface area contributed by atoms with Crippen LogP contribution in [0.1, 0.15) is 33.6 Å². The van der Waals surface area contributed by atoms with Crippen LogP contribution in [-0.4, -0.2) is 47.5 Å². The quantitative estimate of drug-likeness (QED) is 0.504. The van der Waals surface area contributed by atoms with Crippen molar-refractivity contribution in [1.29, 1.82) is 0 Å². The first-order valence-electron chi connectivity index (χ1n) is 10.1. The van der Waals surface area contributed by atoms with Crippen molar-refractivity contribution >= 4 is 38.3 Å². The molecule has 2 N–H and O–H groups in total. The van der Waals surface area contributed by atoms with Crippen molar-refractivity contribution < 1.29 is 14.3 Å². The van der Waals surface area contributed by atoms with Crippen LogP contribution < -0.4 is 10.6 Å². The third-order valence-corrected chi connectivity index (χ3v) is 6.81. The lowest BCUT2D eigenvalue weighted by atomic mass is 9.89. The molecular weight excluding hydrogens is 412 g/mol. The van der Waals surface area contributed by atoms with E-state index in [0.717, 1.165) is 39.3 Å². The monoisotopic (exact) mass is 434 g/mol. The van der Waals surface area contributed by atoms with Gasteiger partial charge in [-0.3, -0.25) is 14.0 Å². The summed E-state index contributed by atoms with van der Waals surface area (Å²) < 4.78 is 8.33. The van der Waals surface area contributed by atoms with E-state index in [1.54, 1.807) is 37.6 Å². The number of ether oxygens (including phenoxy) is 1. The second kappa shape index (κ2) is 7.79. The first-order valence-corrected chi connectivity index (χ1v) is 10.9. The third kappa shape index (κ3) is 3.58. The molecule has 1 aliphatic rings. The van der Waals surface area contributed by atoms with Gasteiger partial charge in [0.1, 0.15) is 0 Å². The fraction of sp³-hybridized carbons (Fsp3) is 0.261. The molecule has 0 aliphatic heterocycles. The Morgan fingerprint density at radius 2 is 1.84 bits per heavy atom. The van der Waals surface area contributed by atoms with E-state index in [9.17, 15) is 9.59 Å². The maximum Gasteiger partial charge on any atom is 0.251 e. The predicted octanol–water partition coefficient (Wildman–Crippen LogP) is 3.48. The van der Waals surface area contributed by atoms with Crippen molar-refractivity contribution in [2.75, 3.05) is 14.2 Å². The summed E-state index contributed by atoms with van der Waals surface area (Å²) in [7, 11) is 3.32. The summed E-state index contributed by atoms with van der Waals surface area (Å²) in [4.78, 5) is 29.9. The molecule has 0 radical (unpaired) electrons. The number of benzene rings is 2. The zero-order valence-electron chi connectivity index (χ0n) is 17.2. The van der Waals surface area contributed by atoms with E-state index in [-0.39, 0.29) is 24.0 Å². The van der Waals surface area contributed by atoms with Crippen LogP contribution >= 0.6 is 11.3 Å². The van der Waals surface area contributed by atoms with E-state index in [1.807, 2.05) is 40.9 Å². The number of imidazole rings is 1. The molecule has 5 rings (SSSR count). The van der Waals surface area contributed by atoms with Crippen LogP contribution in [0, 0.1) is 0 Å². The summed E-state index contributed by atoms with van der Waals surface area (Å²) >= 11 is 1.55. The lowest BCUT2D eigenvalue weighted by Crippen LogP contribution is -2.47. The molecule has 2 aromatic carbocycles. The van der Waals surface area contributed by atoms with Gasteiger partial charge in [-0.1, -0.05) is 23.5 Å². The molecule has 1 fully saturated rings. The predicted molar refractivity (Wildman–Crippen MR) is 121 cm³/mol. The van der Waals surface area contributed by atoms with E-state index in [1.165, 1.54) is 0 Å². The van der Waals surface area contributed by atoms with Crippen molar-refractivity contribution in [2.45, 2.75) is 25.0 Å². The number of rotatable bonds is 5. The minimum absolute atomic E-state index is 0.0515. The maximum absolute atomic E-state index is 12.6. The number of nitrogens with zero attached hydrogens (tertiary/aromatic N) is 2. The Balaban J connectivity index is 1.38. The Hall–Kier alpha value is -3.23. The van der Waals surface area contributed by atoms with Gasteiger partial charge in [0, 0.05) is 43.1 Å². The van der Waals surface area contributed by atoms with Gasteiger partial charge in [0.2, 0.25) is 0 Å². The van der Waals surface area contributed by atoms with E-state index in [0.29, 0.717) is 11.1 Å². The summed E-state index contributed by atoms with van der Waals surface area (Å²) in [6.45, 7) is 0. The molecule has 158 valence electrons. The number of methoxy groups -OCH3 is 1. The average molecular weight is 435 g/mol. The summed E-state index contributed by atoms with van der Waals surface area (Å²) in [5.74, 6) is -0.163. The van der Waals surface area contributed by atoms with Crippen LogP contribution in [0.3, 0.4) is 0 Å². The molecule has 2 aromatic heterocycles. The molecule has 1 saturated carbocycles. The fourth-order valence-corrected chi connectivity index (χ4v) is 4.91. The lowest BCUT2D eigenvalue weighted by molar-refractivity contribution is 0.0176. The molecule has 2 heterocycles. The number of hydrogen-bond donors (Lipinski definition) is 2. The topological polar surface area (TPSA) is 84.7 Å². The Labute approximate surface area is 183 Å². The number of carbonyl (C=O) groups is 2. The fourth-order valence-electron chi connectivity index (χ4n) is 3.86. The number of nitrogens with one attached hydrogen (secondary N) is 2. The molecule has 31 heavy (non-hydrogen) atoms. The molecule has 2 amide bonds. The van der Waals surface area contributed by atoms with Gasteiger partial charge in [-0.25, -0.2) is 4.98 Å². The molecule has 4 aromatic rings. The van der Waals surface area contributed by atoms with Crippen LogP contribution in [0.4, 0.5) is 0 Å². The van der Waals surface area contributed by atoms with Crippen LogP contribution in [0.25, 0.3) is 26.4 Å². The lowest BCUT2D eigenvalue weighted by Gasteiger charge is -2.34. The SMILES string of the molecule is CNC(=O)c1ccc(-c2cn3c(n2)sc2cc(C(=O)NC4CC(OC)C4)ccc23)cc1. The minimum atomic E-state index is -0.112.